The van der Waals surface area contributed by atoms with Gasteiger partial charge >= 0.3 is 0 Å². The number of hydrogen-bond donors (Lipinski definition) is 2. The van der Waals surface area contributed by atoms with Crippen LogP contribution >= 0.6 is 0 Å². The molecule has 1 atom stereocenters. The van der Waals surface area contributed by atoms with Crippen molar-refractivity contribution in [2.75, 3.05) is 13.2 Å². The largest absolute Gasteiger partial charge is 0.390 e. The van der Waals surface area contributed by atoms with Gasteiger partial charge in [-0.3, -0.25) is 0 Å². The topological polar surface area (TPSA) is 32.3 Å². The third-order valence-electron chi connectivity index (χ3n) is 2.89. The van der Waals surface area contributed by atoms with Gasteiger partial charge in [-0.15, -0.1) is 0 Å². The zero-order valence-corrected chi connectivity index (χ0v) is 10.7. The molecule has 0 aliphatic carbocycles. The van der Waals surface area contributed by atoms with E-state index in [1.165, 1.54) is 0 Å². The highest BCUT2D eigenvalue weighted by atomic mass is 19.3. The minimum Gasteiger partial charge on any atom is -0.390 e. The quantitative estimate of drug-likeness (QED) is 0.750. The molecule has 0 aliphatic heterocycles. The fraction of sp³-hybridized carbons (Fsp3) is 0.571. The Balaban J connectivity index is 2.62. The maximum absolute atomic E-state index is 13.0. The Kier molecular flexibility index (Phi) is 6.22. The number of hydrogen-bond acceptors (Lipinski definition) is 2. The Morgan fingerprint density at radius 1 is 1.28 bits per heavy atom. The summed E-state index contributed by atoms with van der Waals surface area (Å²) in [6.45, 7) is 0.465. The molecule has 1 unspecified atom stereocenters. The van der Waals surface area contributed by atoms with Crippen molar-refractivity contribution < 1.29 is 13.9 Å². The first-order chi connectivity index (χ1) is 8.59. The van der Waals surface area contributed by atoms with E-state index >= 15 is 0 Å². The lowest BCUT2D eigenvalue weighted by molar-refractivity contribution is -0.0495. The molecule has 2 nitrogen and oxygen atoms in total. The minimum absolute atomic E-state index is 0.0800. The first-order valence-electron chi connectivity index (χ1n) is 6.36. The molecule has 1 aromatic rings. The van der Waals surface area contributed by atoms with Gasteiger partial charge in [0.05, 0.1) is 6.54 Å². The summed E-state index contributed by atoms with van der Waals surface area (Å²) in [5.41, 5.74) is 1.01. The van der Waals surface area contributed by atoms with Crippen molar-refractivity contribution in [1.29, 1.82) is 0 Å². The van der Waals surface area contributed by atoms with Gasteiger partial charge in [0.15, 0.2) is 0 Å². The summed E-state index contributed by atoms with van der Waals surface area (Å²) in [6, 6.07) is 9.50. The van der Waals surface area contributed by atoms with E-state index in [-0.39, 0.29) is 6.04 Å². The molecule has 1 aromatic carbocycles. The van der Waals surface area contributed by atoms with E-state index in [2.05, 4.69) is 12.2 Å². The van der Waals surface area contributed by atoms with Gasteiger partial charge in [-0.2, -0.15) is 0 Å². The third-order valence-corrected chi connectivity index (χ3v) is 2.89. The second-order valence-corrected chi connectivity index (χ2v) is 4.50. The van der Waals surface area contributed by atoms with Gasteiger partial charge in [0.25, 0.3) is 5.92 Å². The predicted molar refractivity (Wildman–Crippen MR) is 68.7 cm³/mol. The second-order valence-electron chi connectivity index (χ2n) is 4.50. The van der Waals surface area contributed by atoms with Gasteiger partial charge < -0.3 is 10.4 Å². The van der Waals surface area contributed by atoms with Crippen molar-refractivity contribution >= 4 is 0 Å². The molecule has 0 spiro atoms. The maximum atomic E-state index is 13.0. The van der Waals surface area contributed by atoms with Crippen molar-refractivity contribution in [1.82, 2.24) is 5.32 Å². The van der Waals surface area contributed by atoms with Gasteiger partial charge in [0.1, 0.15) is 6.61 Å². The SMILES string of the molecule is CCCCC(NCC(F)(F)CO)c1ccccc1. The monoisotopic (exact) mass is 257 g/mol. The second kappa shape index (κ2) is 7.44. The first kappa shape index (κ1) is 15.1. The molecule has 0 aromatic heterocycles. The first-order valence-corrected chi connectivity index (χ1v) is 6.36. The van der Waals surface area contributed by atoms with E-state index in [1.807, 2.05) is 30.3 Å². The fourth-order valence-corrected chi connectivity index (χ4v) is 1.81. The summed E-state index contributed by atoms with van der Waals surface area (Å²) >= 11 is 0. The average Bonchev–Trinajstić information content (AvgIpc) is 2.40. The number of unbranched alkanes of at least 4 members (excludes halogenated alkanes) is 1. The molecular formula is C14H21F2NO. The highest BCUT2D eigenvalue weighted by Crippen LogP contribution is 2.21. The maximum Gasteiger partial charge on any atom is 0.282 e. The van der Waals surface area contributed by atoms with E-state index in [9.17, 15) is 8.78 Å². The van der Waals surface area contributed by atoms with Crippen LogP contribution in [-0.2, 0) is 0 Å². The summed E-state index contributed by atoms with van der Waals surface area (Å²) in [5.74, 6) is -3.06. The molecule has 1 rings (SSSR count). The van der Waals surface area contributed by atoms with Crippen LogP contribution < -0.4 is 5.32 Å². The zero-order chi connectivity index (χ0) is 13.4. The van der Waals surface area contributed by atoms with Crippen LogP contribution in [0.15, 0.2) is 30.3 Å². The summed E-state index contributed by atoms with van der Waals surface area (Å²) < 4.78 is 26.1. The Morgan fingerprint density at radius 3 is 2.50 bits per heavy atom. The molecular weight excluding hydrogens is 236 g/mol. The minimum atomic E-state index is -3.06. The number of aliphatic hydroxyl groups excluding tert-OH is 1. The van der Waals surface area contributed by atoms with Gasteiger partial charge in [-0.25, -0.2) is 8.78 Å². The number of aliphatic hydroxyl groups is 1. The third kappa shape index (κ3) is 5.10. The molecule has 2 N–H and O–H groups in total. The molecule has 0 bridgehead atoms. The number of benzene rings is 1. The van der Waals surface area contributed by atoms with Crippen LogP contribution in [0.3, 0.4) is 0 Å². The van der Waals surface area contributed by atoms with Gasteiger partial charge in [0, 0.05) is 6.04 Å². The Morgan fingerprint density at radius 2 is 1.94 bits per heavy atom. The average molecular weight is 257 g/mol. The van der Waals surface area contributed by atoms with E-state index in [0.717, 1.165) is 24.8 Å². The normalized spacial score (nSPS) is 13.6. The summed E-state index contributed by atoms with van der Waals surface area (Å²) in [5, 5.41) is 11.4. The van der Waals surface area contributed by atoms with E-state index in [4.69, 9.17) is 5.11 Å². The number of alkyl halides is 2. The highest BCUT2D eigenvalue weighted by molar-refractivity contribution is 5.18. The van der Waals surface area contributed by atoms with Crippen LogP contribution in [0, 0.1) is 0 Å². The molecule has 0 amide bonds. The Bertz CT molecular complexity index is 330. The number of nitrogens with one attached hydrogen (secondary N) is 1. The van der Waals surface area contributed by atoms with Gasteiger partial charge in [-0.1, -0.05) is 50.1 Å². The van der Waals surface area contributed by atoms with E-state index in [1.54, 1.807) is 0 Å². The van der Waals surface area contributed by atoms with Gasteiger partial charge in [0.2, 0.25) is 0 Å². The van der Waals surface area contributed by atoms with Crippen LogP contribution in [0.1, 0.15) is 37.8 Å². The highest BCUT2D eigenvalue weighted by Gasteiger charge is 2.28. The standard InChI is InChI=1S/C14H21F2NO/c1-2-3-9-13(12-7-5-4-6-8-12)17-10-14(15,16)11-18/h4-8,13,17-18H,2-3,9-11H2,1H3. The van der Waals surface area contributed by atoms with Crippen molar-refractivity contribution in [3.63, 3.8) is 0 Å². The molecule has 0 aliphatic rings. The smallest absolute Gasteiger partial charge is 0.282 e. The molecule has 18 heavy (non-hydrogen) atoms. The van der Waals surface area contributed by atoms with Crippen molar-refractivity contribution in [3.05, 3.63) is 35.9 Å². The fourth-order valence-electron chi connectivity index (χ4n) is 1.81. The molecule has 0 saturated carbocycles. The van der Waals surface area contributed by atoms with Crippen molar-refractivity contribution in [3.8, 4) is 0 Å². The van der Waals surface area contributed by atoms with Crippen LogP contribution in [0.25, 0.3) is 0 Å². The lowest BCUT2D eigenvalue weighted by atomic mass is 10.0. The van der Waals surface area contributed by atoms with E-state index in [0.29, 0.717) is 0 Å². The molecule has 4 heteroatoms. The molecule has 102 valence electrons. The van der Waals surface area contributed by atoms with Gasteiger partial charge in [-0.05, 0) is 12.0 Å². The van der Waals surface area contributed by atoms with Crippen LogP contribution in [0.5, 0.6) is 0 Å². The summed E-state index contributed by atoms with van der Waals surface area (Å²) in [4.78, 5) is 0. The van der Waals surface area contributed by atoms with Crippen molar-refractivity contribution in [2.24, 2.45) is 0 Å². The lowest BCUT2D eigenvalue weighted by Crippen LogP contribution is -2.37. The Labute approximate surface area is 107 Å². The number of halogens is 2. The van der Waals surface area contributed by atoms with Crippen molar-refractivity contribution in [2.45, 2.75) is 38.2 Å². The van der Waals surface area contributed by atoms with Crippen LogP contribution in [0.2, 0.25) is 0 Å². The van der Waals surface area contributed by atoms with Crippen LogP contribution in [0.4, 0.5) is 8.78 Å². The lowest BCUT2D eigenvalue weighted by Gasteiger charge is -2.22. The molecule has 0 heterocycles. The van der Waals surface area contributed by atoms with Crippen LogP contribution in [-0.4, -0.2) is 24.2 Å². The van der Waals surface area contributed by atoms with E-state index < -0.39 is 19.1 Å². The zero-order valence-electron chi connectivity index (χ0n) is 10.7. The molecule has 0 fully saturated rings. The predicted octanol–water partition coefficient (Wildman–Crippen LogP) is 3.14. The number of rotatable bonds is 8. The Hall–Kier alpha value is -1.00. The summed E-state index contributed by atoms with van der Waals surface area (Å²) in [6.07, 6.45) is 2.83. The molecule has 0 saturated heterocycles. The molecule has 0 radical (unpaired) electrons. The summed E-state index contributed by atoms with van der Waals surface area (Å²) in [7, 11) is 0.